The first kappa shape index (κ1) is 17.9. The van der Waals surface area contributed by atoms with E-state index in [2.05, 4.69) is 20.5 Å². The van der Waals surface area contributed by atoms with Crippen LogP contribution in [-0.2, 0) is 4.79 Å². The Labute approximate surface area is 156 Å². The number of carbonyl (C=O) groups excluding carboxylic acids is 1. The molecular weight excluding hydrogens is 344 g/mol. The van der Waals surface area contributed by atoms with Crippen LogP contribution in [0.25, 0.3) is 12.2 Å². The number of carbonyl (C=O) groups is 1. The standard InChI is InChI=1S/C20H20N4OS/c1-14-8-10-17(12-15(14)2)21-19(25)13-26-20-22-18(23-24-20)11-9-16-6-4-3-5-7-16/h3-12H,13H2,1-2H3,(H,21,25)(H,22,23,24)/b11-9+. The first-order valence-electron chi connectivity index (χ1n) is 8.25. The van der Waals surface area contributed by atoms with Crippen molar-refractivity contribution in [3.63, 3.8) is 0 Å². The van der Waals surface area contributed by atoms with E-state index in [4.69, 9.17) is 0 Å². The van der Waals surface area contributed by atoms with Gasteiger partial charge in [0.05, 0.1) is 5.75 Å². The molecule has 1 amide bonds. The van der Waals surface area contributed by atoms with Crippen molar-refractivity contribution in [2.24, 2.45) is 0 Å². The van der Waals surface area contributed by atoms with Gasteiger partial charge in [-0.2, -0.15) is 0 Å². The molecule has 0 spiro atoms. The summed E-state index contributed by atoms with van der Waals surface area (Å²) in [5.41, 5.74) is 4.25. The fraction of sp³-hybridized carbons (Fsp3) is 0.150. The lowest BCUT2D eigenvalue weighted by atomic mass is 10.1. The molecule has 0 atom stereocenters. The normalized spacial score (nSPS) is 11.0. The number of rotatable bonds is 6. The van der Waals surface area contributed by atoms with Crippen molar-refractivity contribution < 1.29 is 4.79 Å². The van der Waals surface area contributed by atoms with Gasteiger partial charge in [-0.3, -0.25) is 9.89 Å². The maximum absolute atomic E-state index is 12.1. The van der Waals surface area contributed by atoms with Gasteiger partial charge >= 0.3 is 0 Å². The summed E-state index contributed by atoms with van der Waals surface area (Å²) in [5, 5.41) is 10.4. The van der Waals surface area contributed by atoms with Crippen molar-refractivity contribution in [1.82, 2.24) is 15.2 Å². The summed E-state index contributed by atoms with van der Waals surface area (Å²) in [5.74, 6) is 0.836. The van der Waals surface area contributed by atoms with Gasteiger partial charge in [0.2, 0.25) is 11.1 Å². The third-order valence-corrected chi connectivity index (χ3v) is 4.69. The number of nitrogens with one attached hydrogen (secondary N) is 2. The molecule has 0 aliphatic heterocycles. The molecule has 5 nitrogen and oxygen atoms in total. The van der Waals surface area contributed by atoms with Gasteiger partial charge in [0.15, 0.2) is 0 Å². The number of nitrogens with zero attached hydrogens (tertiary/aromatic N) is 2. The molecule has 132 valence electrons. The summed E-state index contributed by atoms with van der Waals surface area (Å²) in [6, 6.07) is 15.8. The van der Waals surface area contributed by atoms with Crippen molar-refractivity contribution in [3.8, 4) is 0 Å². The lowest BCUT2D eigenvalue weighted by molar-refractivity contribution is -0.113. The Hall–Kier alpha value is -2.86. The minimum atomic E-state index is -0.0792. The molecule has 0 fully saturated rings. The lowest BCUT2D eigenvalue weighted by Crippen LogP contribution is -2.14. The topological polar surface area (TPSA) is 70.7 Å². The molecule has 3 rings (SSSR count). The average Bonchev–Trinajstić information content (AvgIpc) is 3.10. The molecule has 0 saturated heterocycles. The van der Waals surface area contributed by atoms with Crippen LogP contribution in [0.2, 0.25) is 0 Å². The molecule has 6 heteroatoms. The van der Waals surface area contributed by atoms with Crippen molar-refractivity contribution in [2.45, 2.75) is 19.0 Å². The summed E-state index contributed by atoms with van der Waals surface area (Å²) >= 11 is 1.30. The molecule has 0 aliphatic rings. The molecule has 3 aromatic rings. The fourth-order valence-corrected chi connectivity index (χ4v) is 2.89. The maximum atomic E-state index is 12.1. The Morgan fingerprint density at radius 3 is 2.69 bits per heavy atom. The van der Waals surface area contributed by atoms with E-state index in [9.17, 15) is 4.79 Å². The predicted molar refractivity (Wildman–Crippen MR) is 107 cm³/mol. The van der Waals surface area contributed by atoms with Crippen LogP contribution in [0.4, 0.5) is 5.69 Å². The Balaban J connectivity index is 1.52. The van der Waals surface area contributed by atoms with Crippen LogP contribution in [-0.4, -0.2) is 26.8 Å². The second kappa shape index (κ2) is 8.49. The van der Waals surface area contributed by atoms with Gasteiger partial charge in [0.1, 0.15) is 5.82 Å². The summed E-state index contributed by atoms with van der Waals surface area (Å²) < 4.78 is 0. The minimum absolute atomic E-state index is 0.0792. The molecule has 26 heavy (non-hydrogen) atoms. The number of anilines is 1. The highest BCUT2D eigenvalue weighted by Gasteiger charge is 2.07. The number of amides is 1. The zero-order chi connectivity index (χ0) is 18.4. The van der Waals surface area contributed by atoms with E-state index in [1.807, 2.05) is 74.5 Å². The Morgan fingerprint density at radius 1 is 1.12 bits per heavy atom. The van der Waals surface area contributed by atoms with Gasteiger partial charge < -0.3 is 5.32 Å². The monoisotopic (exact) mass is 364 g/mol. The average molecular weight is 364 g/mol. The number of hydrogen-bond acceptors (Lipinski definition) is 4. The summed E-state index contributed by atoms with van der Waals surface area (Å²) in [4.78, 5) is 16.4. The molecule has 1 aromatic heterocycles. The van der Waals surface area contributed by atoms with Gasteiger partial charge in [0, 0.05) is 5.69 Å². The number of benzene rings is 2. The third kappa shape index (κ3) is 5.07. The first-order chi connectivity index (χ1) is 12.6. The summed E-state index contributed by atoms with van der Waals surface area (Å²) in [6.45, 7) is 4.07. The van der Waals surface area contributed by atoms with Gasteiger partial charge in [0.25, 0.3) is 0 Å². The number of aromatic nitrogens is 3. The van der Waals surface area contributed by atoms with E-state index in [0.29, 0.717) is 11.0 Å². The molecule has 2 aromatic carbocycles. The van der Waals surface area contributed by atoms with Crippen LogP contribution in [0.3, 0.4) is 0 Å². The minimum Gasteiger partial charge on any atom is -0.325 e. The molecule has 0 radical (unpaired) electrons. The van der Waals surface area contributed by atoms with Gasteiger partial charge in [-0.15, -0.1) is 5.10 Å². The fourth-order valence-electron chi connectivity index (χ4n) is 2.28. The Morgan fingerprint density at radius 2 is 1.92 bits per heavy atom. The molecule has 0 aliphatic carbocycles. The number of thioether (sulfide) groups is 1. The van der Waals surface area contributed by atoms with E-state index in [-0.39, 0.29) is 11.7 Å². The smallest absolute Gasteiger partial charge is 0.234 e. The van der Waals surface area contributed by atoms with E-state index in [1.165, 1.54) is 17.3 Å². The van der Waals surface area contributed by atoms with Crippen LogP contribution >= 0.6 is 11.8 Å². The highest BCUT2D eigenvalue weighted by Crippen LogP contribution is 2.17. The molecule has 0 unspecified atom stereocenters. The maximum Gasteiger partial charge on any atom is 0.234 e. The highest BCUT2D eigenvalue weighted by atomic mass is 32.2. The van der Waals surface area contributed by atoms with Crippen LogP contribution in [0.5, 0.6) is 0 Å². The van der Waals surface area contributed by atoms with Crippen LogP contribution in [0, 0.1) is 13.8 Å². The van der Waals surface area contributed by atoms with Crippen molar-refractivity contribution in [3.05, 3.63) is 71.0 Å². The first-order valence-corrected chi connectivity index (χ1v) is 9.24. The van der Waals surface area contributed by atoms with Crippen molar-refractivity contribution in [2.75, 3.05) is 11.1 Å². The Kier molecular flexibility index (Phi) is 5.86. The van der Waals surface area contributed by atoms with Crippen LogP contribution in [0.15, 0.2) is 53.7 Å². The largest absolute Gasteiger partial charge is 0.325 e. The molecular formula is C20H20N4OS. The van der Waals surface area contributed by atoms with Crippen molar-refractivity contribution in [1.29, 1.82) is 0 Å². The lowest BCUT2D eigenvalue weighted by Gasteiger charge is -2.06. The second-order valence-corrected chi connectivity index (χ2v) is 6.83. The zero-order valence-electron chi connectivity index (χ0n) is 14.7. The molecule has 2 N–H and O–H groups in total. The van der Waals surface area contributed by atoms with E-state index >= 15 is 0 Å². The summed E-state index contributed by atoms with van der Waals surface area (Å²) in [6.07, 6.45) is 3.82. The summed E-state index contributed by atoms with van der Waals surface area (Å²) in [7, 11) is 0. The molecule has 0 saturated carbocycles. The Bertz CT molecular complexity index is 919. The van der Waals surface area contributed by atoms with Gasteiger partial charge in [-0.25, -0.2) is 4.98 Å². The van der Waals surface area contributed by atoms with Crippen molar-refractivity contribution >= 4 is 35.5 Å². The number of H-pyrrole nitrogens is 1. The van der Waals surface area contributed by atoms with E-state index in [0.717, 1.165) is 16.8 Å². The second-order valence-electron chi connectivity index (χ2n) is 5.88. The molecule has 0 bridgehead atoms. The molecule has 1 heterocycles. The third-order valence-electron chi connectivity index (χ3n) is 3.84. The highest BCUT2D eigenvalue weighted by molar-refractivity contribution is 7.99. The van der Waals surface area contributed by atoms with Gasteiger partial charge in [-0.1, -0.05) is 54.2 Å². The number of hydrogen-bond donors (Lipinski definition) is 2. The van der Waals surface area contributed by atoms with E-state index in [1.54, 1.807) is 0 Å². The number of aryl methyl sites for hydroxylation is 2. The van der Waals surface area contributed by atoms with Crippen LogP contribution < -0.4 is 5.32 Å². The van der Waals surface area contributed by atoms with Crippen LogP contribution in [0.1, 0.15) is 22.5 Å². The predicted octanol–water partition coefficient (Wildman–Crippen LogP) is 4.32. The van der Waals surface area contributed by atoms with Gasteiger partial charge in [-0.05, 0) is 48.7 Å². The van der Waals surface area contributed by atoms with E-state index < -0.39 is 0 Å². The quantitative estimate of drug-likeness (QED) is 0.639. The SMILES string of the molecule is Cc1ccc(NC(=O)CSc2n[nH]c(/C=C/c3ccccc3)n2)cc1C. The zero-order valence-corrected chi connectivity index (χ0v) is 15.5. The number of aromatic amines is 1.